The molecule has 3 aromatic rings. The maximum absolute atomic E-state index is 12.9. The second-order valence-electron chi connectivity index (χ2n) is 7.58. The van der Waals surface area contributed by atoms with Crippen molar-refractivity contribution in [2.45, 2.75) is 13.8 Å². The number of carbonyl (C=O) groups excluding carboxylic acids is 4. The number of hydrogen-bond acceptors (Lipinski definition) is 5. The summed E-state index contributed by atoms with van der Waals surface area (Å²) < 4.78 is 5.07. The van der Waals surface area contributed by atoms with Gasteiger partial charge in [-0.05, 0) is 61.4 Å². The van der Waals surface area contributed by atoms with Gasteiger partial charge < -0.3 is 10.1 Å². The summed E-state index contributed by atoms with van der Waals surface area (Å²) >= 11 is 6.04. The number of ether oxygens (including phenoxy) is 1. The lowest BCUT2D eigenvalue weighted by Gasteiger charge is -2.16. The summed E-state index contributed by atoms with van der Waals surface area (Å²) in [6, 6.07) is 16.2. The minimum Gasteiger partial charge on any atom is -0.452 e. The molecule has 4 rings (SSSR count). The standard InChI is InChI=1S/C25H19ClN2O5/c1-14-7-9-17(12-20(14)26)27-22(29)13-33-25(32)16-8-10-18-19(11-16)24(31)28(23(18)30)21-6-4-3-5-15(21)2/h3-12H,13H2,1-2H3,(H,27,29). The van der Waals surface area contributed by atoms with Gasteiger partial charge in [-0.25, -0.2) is 9.69 Å². The van der Waals surface area contributed by atoms with Crippen LogP contribution in [0.2, 0.25) is 5.02 Å². The van der Waals surface area contributed by atoms with Crippen LogP contribution in [-0.2, 0) is 9.53 Å². The lowest BCUT2D eigenvalue weighted by atomic mass is 10.1. The third-order valence-corrected chi connectivity index (χ3v) is 5.68. The fourth-order valence-electron chi connectivity index (χ4n) is 3.48. The van der Waals surface area contributed by atoms with Gasteiger partial charge in [0.2, 0.25) is 0 Å². The first-order valence-electron chi connectivity index (χ1n) is 10.1. The largest absolute Gasteiger partial charge is 0.452 e. The predicted octanol–water partition coefficient (Wildman–Crippen LogP) is 4.55. The van der Waals surface area contributed by atoms with E-state index in [2.05, 4.69) is 5.32 Å². The van der Waals surface area contributed by atoms with E-state index in [1.807, 2.05) is 13.0 Å². The van der Waals surface area contributed by atoms with Crippen molar-refractivity contribution in [3.8, 4) is 0 Å². The van der Waals surface area contributed by atoms with Gasteiger partial charge in [0.15, 0.2) is 6.61 Å². The van der Waals surface area contributed by atoms with E-state index in [9.17, 15) is 19.2 Å². The zero-order chi connectivity index (χ0) is 23.7. The molecule has 8 heteroatoms. The number of anilines is 2. The van der Waals surface area contributed by atoms with E-state index in [0.29, 0.717) is 16.4 Å². The molecule has 0 saturated carbocycles. The van der Waals surface area contributed by atoms with Gasteiger partial charge >= 0.3 is 5.97 Å². The Morgan fingerprint density at radius 1 is 0.909 bits per heavy atom. The number of nitrogens with zero attached hydrogens (tertiary/aromatic N) is 1. The molecule has 0 saturated heterocycles. The van der Waals surface area contributed by atoms with Crippen molar-refractivity contribution >= 4 is 46.7 Å². The average Bonchev–Trinajstić information content (AvgIpc) is 3.04. The van der Waals surface area contributed by atoms with Crippen LogP contribution < -0.4 is 10.2 Å². The molecule has 3 amide bonds. The summed E-state index contributed by atoms with van der Waals surface area (Å²) in [5, 5.41) is 3.10. The Kier molecular flexibility index (Phi) is 5.98. The van der Waals surface area contributed by atoms with Gasteiger partial charge in [0, 0.05) is 10.7 Å². The minimum atomic E-state index is -0.788. The highest BCUT2D eigenvalue weighted by atomic mass is 35.5. The first kappa shape index (κ1) is 22.2. The van der Waals surface area contributed by atoms with Crippen molar-refractivity contribution in [1.29, 1.82) is 0 Å². The Labute approximate surface area is 194 Å². The molecule has 3 aromatic carbocycles. The van der Waals surface area contributed by atoms with Gasteiger partial charge in [-0.1, -0.05) is 35.9 Å². The van der Waals surface area contributed by atoms with Crippen molar-refractivity contribution in [3.05, 3.63) is 93.5 Å². The van der Waals surface area contributed by atoms with E-state index in [0.717, 1.165) is 16.0 Å². The predicted molar refractivity (Wildman–Crippen MR) is 124 cm³/mol. The molecule has 1 heterocycles. The Morgan fingerprint density at radius 3 is 2.36 bits per heavy atom. The quantitative estimate of drug-likeness (QED) is 0.443. The molecule has 0 bridgehead atoms. The van der Waals surface area contributed by atoms with Gasteiger partial charge in [-0.2, -0.15) is 0 Å². The van der Waals surface area contributed by atoms with E-state index in [1.165, 1.54) is 18.2 Å². The highest BCUT2D eigenvalue weighted by Crippen LogP contribution is 2.31. The van der Waals surface area contributed by atoms with Gasteiger partial charge in [-0.15, -0.1) is 0 Å². The van der Waals surface area contributed by atoms with E-state index in [4.69, 9.17) is 16.3 Å². The highest BCUT2D eigenvalue weighted by Gasteiger charge is 2.37. The van der Waals surface area contributed by atoms with Crippen LogP contribution in [0.1, 0.15) is 42.2 Å². The molecule has 166 valence electrons. The molecule has 0 radical (unpaired) electrons. The number of para-hydroxylation sites is 1. The minimum absolute atomic E-state index is 0.0627. The summed E-state index contributed by atoms with van der Waals surface area (Å²) in [6.07, 6.45) is 0. The monoisotopic (exact) mass is 462 g/mol. The van der Waals surface area contributed by atoms with Crippen LogP contribution in [0.5, 0.6) is 0 Å². The molecule has 1 aliphatic rings. The number of aryl methyl sites for hydroxylation is 2. The molecular weight excluding hydrogens is 444 g/mol. The van der Waals surface area contributed by atoms with Crippen molar-refractivity contribution in [2.75, 3.05) is 16.8 Å². The molecule has 0 aliphatic carbocycles. The first-order valence-corrected chi connectivity index (χ1v) is 10.5. The van der Waals surface area contributed by atoms with Gasteiger partial charge in [0.25, 0.3) is 17.7 Å². The second kappa shape index (κ2) is 8.88. The van der Waals surface area contributed by atoms with Crippen LogP contribution in [-0.4, -0.2) is 30.3 Å². The number of hydrogen-bond donors (Lipinski definition) is 1. The molecule has 0 aromatic heterocycles. The van der Waals surface area contributed by atoms with Crippen LogP contribution in [0.4, 0.5) is 11.4 Å². The lowest BCUT2D eigenvalue weighted by Crippen LogP contribution is -2.29. The zero-order valence-electron chi connectivity index (χ0n) is 17.8. The Hall–Kier alpha value is -3.97. The number of benzene rings is 3. The first-order chi connectivity index (χ1) is 15.8. The maximum Gasteiger partial charge on any atom is 0.338 e. The van der Waals surface area contributed by atoms with E-state index in [-0.39, 0.29) is 16.7 Å². The fraction of sp³-hybridized carbons (Fsp3) is 0.120. The summed E-state index contributed by atoms with van der Waals surface area (Å²) in [5.74, 6) is -2.31. The number of carbonyl (C=O) groups is 4. The molecule has 7 nitrogen and oxygen atoms in total. The van der Waals surface area contributed by atoms with Crippen LogP contribution in [0.15, 0.2) is 60.7 Å². The van der Waals surface area contributed by atoms with Gasteiger partial charge in [0.1, 0.15) is 0 Å². The van der Waals surface area contributed by atoms with Crippen LogP contribution >= 0.6 is 11.6 Å². The molecule has 1 N–H and O–H groups in total. The normalized spacial score (nSPS) is 12.5. The lowest BCUT2D eigenvalue weighted by molar-refractivity contribution is -0.119. The Bertz CT molecular complexity index is 1320. The number of halogens is 1. The highest BCUT2D eigenvalue weighted by molar-refractivity contribution is 6.35. The Morgan fingerprint density at radius 2 is 1.64 bits per heavy atom. The SMILES string of the molecule is Cc1ccc(NC(=O)COC(=O)c2ccc3c(c2)C(=O)N(c2ccccc2C)C3=O)cc1Cl. The topological polar surface area (TPSA) is 92.8 Å². The fourth-order valence-corrected chi connectivity index (χ4v) is 3.66. The van der Waals surface area contributed by atoms with Gasteiger partial charge in [-0.3, -0.25) is 14.4 Å². The van der Waals surface area contributed by atoms with E-state index >= 15 is 0 Å². The number of fused-ring (bicyclic) bond motifs is 1. The average molecular weight is 463 g/mol. The van der Waals surface area contributed by atoms with Crippen molar-refractivity contribution in [2.24, 2.45) is 0 Å². The van der Waals surface area contributed by atoms with Crippen LogP contribution in [0.3, 0.4) is 0 Å². The van der Waals surface area contributed by atoms with Crippen molar-refractivity contribution in [1.82, 2.24) is 0 Å². The number of rotatable bonds is 5. The summed E-state index contributed by atoms with van der Waals surface area (Å²) in [7, 11) is 0. The number of esters is 1. The number of nitrogens with one attached hydrogen (secondary N) is 1. The molecule has 0 fully saturated rings. The summed E-state index contributed by atoms with van der Waals surface area (Å²) in [6.45, 7) is 3.12. The van der Waals surface area contributed by atoms with Crippen molar-refractivity contribution in [3.63, 3.8) is 0 Å². The van der Waals surface area contributed by atoms with E-state index in [1.54, 1.807) is 43.3 Å². The Balaban J connectivity index is 1.45. The molecule has 0 unspecified atom stereocenters. The molecule has 0 atom stereocenters. The number of amides is 3. The molecule has 1 aliphatic heterocycles. The zero-order valence-corrected chi connectivity index (χ0v) is 18.6. The molecular formula is C25H19ClN2O5. The van der Waals surface area contributed by atoms with E-state index < -0.39 is 30.3 Å². The smallest absolute Gasteiger partial charge is 0.338 e. The van der Waals surface area contributed by atoms with Crippen LogP contribution in [0, 0.1) is 13.8 Å². The second-order valence-corrected chi connectivity index (χ2v) is 7.99. The third-order valence-electron chi connectivity index (χ3n) is 5.27. The maximum atomic E-state index is 12.9. The molecule has 0 spiro atoms. The molecule has 33 heavy (non-hydrogen) atoms. The number of imide groups is 1. The van der Waals surface area contributed by atoms with Crippen LogP contribution in [0.25, 0.3) is 0 Å². The third kappa shape index (κ3) is 4.36. The van der Waals surface area contributed by atoms with Crippen molar-refractivity contribution < 1.29 is 23.9 Å². The summed E-state index contributed by atoms with van der Waals surface area (Å²) in [4.78, 5) is 51.4. The van der Waals surface area contributed by atoms with Gasteiger partial charge in [0.05, 0.1) is 22.4 Å². The summed E-state index contributed by atoms with van der Waals surface area (Å²) in [5.41, 5.74) is 2.97.